The van der Waals surface area contributed by atoms with Gasteiger partial charge in [0.1, 0.15) is 6.04 Å². The monoisotopic (exact) mass is 289 g/mol. The Morgan fingerprint density at radius 1 is 0.900 bits per heavy atom. The van der Waals surface area contributed by atoms with Gasteiger partial charge in [-0.3, -0.25) is 14.4 Å². The second-order valence-electron chi connectivity index (χ2n) is 3.97. The number of hydrogen-bond acceptors (Lipinski definition) is 5. The highest BCUT2D eigenvalue weighted by Gasteiger charge is 2.21. The van der Waals surface area contributed by atoms with Crippen LogP contribution in [0.2, 0.25) is 0 Å². The lowest BCUT2D eigenvalue weighted by molar-refractivity contribution is -0.149. The molecule has 9 nitrogen and oxygen atoms in total. The minimum Gasteiger partial charge on any atom is -0.481 e. The van der Waals surface area contributed by atoms with Gasteiger partial charge in [0.25, 0.3) is 0 Å². The number of amides is 1. The third-order valence-electron chi connectivity index (χ3n) is 2.33. The summed E-state index contributed by atoms with van der Waals surface area (Å²) in [5, 5.41) is 27.7. The number of nitrogens with one attached hydrogen (secondary N) is 1. The number of aliphatic carboxylic acids is 3. The van der Waals surface area contributed by atoms with E-state index in [0.717, 1.165) is 0 Å². The van der Waals surface area contributed by atoms with Crippen LogP contribution in [0.25, 0.3) is 0 Å². The molecular formula is C11H15NO8. The fourth-order valence-electron chi connectivity index (χ4n) is 1.32. The summed E-state index contributed by atoms with van der Waals surface area (Å²) in [5.74, 6) is -5.88. The molecule has 0 aliphatic heterocycles. The number of rotatable bonds is 10. The predicted molar refractivity (Wildman–Crippen MR) is 62.9 cm³/mol. The van der Waals surface area contributed by atoms with Gasteiger partial charge in [-0.25, -0.2) is 9.59 Å². The predicted octanol–water partition coefficient (Wildman–Crippen LogP) is -0.755. The van der Waals surface area contributed by atoms with E-state index in [-0.39, 0.29) is 25.7 Å². The van der Waals surface area contributed by atoms with Crippen molar-refractivity contribution >= 4 is 29.6 Å². The van der Waals surface area contributed by atoms with Crippen LogP contribution in [0.5, 0.6) is 0 Å². The summed E-state index contributed by atoms with van der Waals surface area (Å²) in [7, 11) is 0. The third-order valence-corrected chi connectivity index (χ3v) is 2.33. The van der Waals surface area contributed by atoms with Crippen LogP contribution in [0.1, 0.15) is 32.1 Å². The number of ketones is 1. The van der Waals surface area contributed by atoms with Crippen molar-refractivity contribution in [3.8, 4) is 0 Å². The van der Waals surface area contributed by atoms with Gasteiger partial charge in [-0.05, 0) is 12.8 Å². The first-order chi connectivity index (χ1) is 9.23. The molecule has 0 fully saturated rings. The number of hydrogen-bond donors (Lipinski definition) is 4. The quantitative estimate of drug-likeness (QED) is 0.382. The number of carboxylic acids is 3. The first-order valence-electron chi connectivity index (χ1n) is 5.74. The topological polar surface area (TPSA) is 158 Å². The molecule has 0 saturated carbocycles. The van der Waals surface area contributed by atoms with Gasteiger partial charge in [-0.1, -0.05) is 0 Å². The van der Waals surface area contributed by atoms with Crippen LogP contribution in [0.15, 0.2) is 0 Å². The van der Waals surface area contributed by atoms with Crippen LogP contribution in [0, 0.1) is 0 Å². The molecule has 1 amide bonds. The van der Waals surface area contributed by atoms with Crippen molar-refractivity contribution in [1.82, 2.24) is 5.32 Å². The van der Waals surface area contributed by atoms with E-state index in [1.54, 1.807) is 0 Å². The van der Waals surface area contributed by atoms with Crippen molar-refractivity contribution in [1.29, 1.82) is 0 Å². The third kappa shape index (κ3) is 7.80. The van der Waals surface area contributed by atoms with Gasteiger partial charge in [-0.2, -0.15) is 0 Å². The molecule has 4 N–H and O–H groups in total. The Labute approximate surface area is 113 Å². The zero-order valence-corrected chi connectivity index (χ0v) is 10.5. The number of carboxylic acid groups (broad SMARTS) is 3. The Balaban J connectivity index is 4.20. The largest absolute Gasteiger partial charge is 0.481 e. The van der Waals surface area contributed by atoms with Crippen LogP contribution in [0.3, 0.4) is 0 Å². The van der Waals surface area contributed by atoms with E-state index in [4.69, 9.17) is 15.3 Å². The molecule has 0 aliphatic rings. The highest BCUT2D eigenvalue weighted by atomic mass is 16.4. The lowest BCUT2D eigenvalue weighted by Gasteiger charge is -2.13. The zero-order chi connectivity index (χ0) is 15.7. The second kappa shape index (κ2) is 8.62. The molecule has 0 rings (SSSR count). The van der Waals surface area contributed by atoms with E-state index >= 15 is 0 Å². The molecule has 0 radical (unpaired) electrons. The molecular weight excluding hydrogens is 274 g/mol. The summed E-state index contributed by atoms with van der Waals surface area (Å²) in [6, 6.07) is -1.28. The Morgan fingerprint density at radius 2 is 1.50 bits per heavy atom. The molecule has 0 heterocycles. The first kappa shape index (κ1) is 17.6. The van der Waals surface area contributed by atoms with Gasteiger partial charge < -0.3 is 20.6 Å². The maximum absolute atomic E-state index is 11.3. The Bertz CT molecular complexity index is 417. The molecule has 1 atom stereocenters. The van der Waals surface area contributed by atoms with Crippen molar-refractivity contribution in [2.45, 2.75) is 38.1 Å². The highest BCUT2D eigenvalue weighted by molar-refractivity contribution is 6.32. The molecule has 0 bridgehead atoms. The van der Waals surface area contributed by atoms with E-state index in [0.29, 0.717) is 0 Å². The smallest absolute Gasteiger partial charge is 0.372 e. The van der Waals surface area contributed by atoms with Crippen molar-refractivity contribution in [3.05, 3.63) is 0 Å². The highest BCUT2D eigenvalue weighted by Crippen LogP contribution is 2.03. The molecule has 0 aromatic heterocycles. The number of carbonyl (C=O) groups is 5. The lowest BCUT2D eigenvalue weighted by atomic mass is 10.1. The molecule has 20 heavy (non-hydrogen) atoms. The van der Waals surface area contributed by atoms with Crippen LogP contribution >= 0.6 is 0 Å². The summed E-state index contributed by atoms with van der Waals surface area (Å²) in [4.78, 5) is 53.4. The molecule has 1 unspecified atom stereocenters. The minimum atomic E-state index is -1.60. The molecule has 0 aromatic rings. The maximum Gasteiger partial charge on any atom is 0.372 e. The molecule has 0 spiro atoms. The Morgan fingerprint density at radius 3 is 1.95 bits per heavy atom. The van der Waals surface area contributed by atoms with Crippen molar-refractivity contribution < 1.29 is 39.3 Å². The summed E-state index contributed by atoms with van der Waals surface area (Å²) < 4.78 is 0. The summed E-state index contributed by atoms with van der Waals surface area (Å²) in [6.07, 6.45) is -1.23. The zero-order valence-electron chi connectivity index (χ0n) is 10.5. The van der Waals surface area contributed by atoms with E-state index in [1.165, 1.54) is 0 Å². The van der Waals surface area contributed by atoms with Crippen molar-refractivity contribution in [2.24, 2.45) is 0 Å². The van der Waals surface area contributed by atoms with Crippen LogP contribution < -0.4 is 5.32 Å². The standard InChI is InChI=1S/C11H15NO8/c13-7(11(19)20)3-1-2-6(10(17)18)12-8(14)4-5-9(15)16/h6H,1-5H2,(H,12,14)(H,15,16)(H,17,18)(H,19,20). The second-order valence-corrected chi connectivity index (χ2v) is 3.97. The van der Waals surface area contributed by atoms with Crippen LogP contribution in [0.4, 0.5) is 0 Å². The van der Waals surface area contributed by atoms with Gasteiger partial charge in [0.05, 0.1) is 6.42 Å². The average molecular weight is 289 g/mol. The number of carbonyl (C=O) groups excluding carboxylic acids is 2. The summed E-state index contributed by atoms with van der Waals surface area (Å²) in [5.41, 5.74) is 0. The van der Waals surface area contributed by atoms with Gasteiger partial charge in [0.15, 0.2) is 0 Å². The molecule has 9 heteroatoms. The number of Topliss-reactive ketones (excluding diaryl/α,β-unsaturated/α-hetero) is 1. The first-order valence-corrected chi connectivity index (χ1v) is 5.74. The van der Waals surface area contributed by atoms with Crippen LogP contribution in [-0.2, 0) is 24.0 Å². The van der Waals surface area contributed by atoms with Crippen LogP contribution in [-0.4, -0.2) is 51.0 Å². The SMILES string of the molecule is O=C(O)CCC(=O)NC(CCCC(=O)C(=O)O)C(=O)O. The fraction of sp³-hybridized carbons (Fsp3) is 0.545. The van der Waals surface area contributed by atoms with E-state index in [9.17, 15) is 24.0 Å². The van der Waals surface area contributed by atoms with Crippen molar-refractivity contribution in [3.63, 3.8) is 0 Å². The summed E-state index contributed by atoms with van der Waals surface area (Å²) >= 11 is 0. The average Bonchev–Trinajstić information content (AvgIpc) is 2.34. The summed E-state index contributed by atoms with van der Waals surface area (Å²) in [6.45, 7) is 0. The molecule has 0 aromatic carbocycles. The van der Waals surface area contributed by atoms with E-state index < -0.39 is 42.1 Å². The Hall–Kier alpha value is -2.45. The normalized spacial score (nSPS) is 11.4. The van der Waals surface area contributed by atoms with E-state index in [2.05, 4.69) is 5.32 Å². The Kier molecular flexibility index (Phi) is 7.56. The molecule has 0 aliphatic carbocycles. The van der Waals surface area contributed by atoms with Gasteiger partial charge in [-0.15, -0.1) is 0 Å². The molecule has 112 valence electrons. The maximum atomic E-state index is 11.3. The van der Waals surface area contributed by atoms with Gasteiger partial charge in [0, 0.05) is 12.8 Å². The van der Waals surface area contributed by atoms with Gasteiger partial charge in [0.2, 0.25) is 11.7 Å². The molecule has 0 saturated heterocycles. The van der Waals surface area contributed by atoms with Gasteiger partial charge >= 0.3 is 17.9 Å². The minimum absolute atomic E-state index is 0.0126. The lowest BCUT2D eigenvalue weighted by Crippen LogP contribution is -2.40. The van der Waals surface area contributed by atoms with E-state index in [1.807, 2.05) is 0 Å². The van der Waals surface area contributed by atoms with Crippen molar-refractivity contribution in [2.75, 3.05) is 0 Å². The fourth-order valence-corrected chi connectivity index (χ4v) is 1.32.